The number of nitrogens with zero attached hydrogens (tertiary/aromatic N) is 2. The molecule has 0 spiro atoms. The number of halogens is 1. The van der Waals surface area contributed by atoms with Gasteiger partial charge in [0.15, 0.2) is 0 Å². The second kappa shape index (κ2) is 5.24. The molecule has 0 saturated heterocycles. The van der Waals surface area contributed by atoms with E-state index in [0.717, 1.165) is 18.4 Å². The summed E-state index contributed by atoms with van der Waals surface area (Å²) in [4.78, 5) is 17.5. The number of carboxylic acid groups (broad SMARTS) is 1. The van der Waals surface area contributed by atoms with Crippen molar-refractivity contribution in [3.8, 4) is 0 Å². The molecule has 3 atom stereocenters. The summed E-state index contributed by atoms with van der Waals surface area (Å²) >= 11 is 5.91. The topological polar surface area (TPSA) is 53.4 Å². The van der Waals surface area contributed by atoms with Crippen LogP contribution in [0.5, 0.6) is 0 Å². The molecule has 0 aromatic carbocycles. The van der Waals surface area contributed by atoms with Crippen LogP contribution >= 0.6 is 11.6 Å². The molecule has 2 aliphatic carbocycles. The lowest BCUT2D eigenvalue weighted by atomic mass is 9.88. The minimum atomic E-state index is -0.955. The highest BCUT2D eigenvalue weighted by Crippen LogP contribution is 2.48. The van der Waals surface area contributed by atoms with Gasteiger partial charge in [0.05, 0.1) is 0 Å². The maximum atomic E-state index is 11.3. The van der Waals surface area contributed by atoms with Crippen LogP contribution in [0.1, 0.15) is 36.0 Å². The Morgan fingerprint density at radius 3 is 2.85 bits per heavy atom. The van der Waals surface area contributed by atoms with E-state index in [0.29, 0.717) is 16.9 Å². The molecule has 0 radical (unpaired) electrons. The van der Waals surface area contributed by atoms with Crippen molar-refractivity contribution in [3.63, 3.8) is 0 Å². The van der Waals surface area contributed by atoms with Crippen LogP contribution in [0.4, 0.5) is 5.82 Å². The largest absolute Gasteiger partial charge is 0.478 e. The molecular formula is C15H19ClN2O2. The zero-order valence-electron chi connectivity index (χ0n) is 11.6. The monoisotopic (exact) mass is 294 g/mol. The number of aromatic carboxylic acids is 1. The van der Waals surface area contributed by atoms with Crippen molar-refractivity contribution >= 4 is 23.4 Å². The smallest absolute Gasteiger partial charge is 0.339 e. The summed E-state index contributed by atoms with van der Waals surface area (Å²) in [6.45, 7) is 0.870. The number of carbonyl (C=O) groups is 1. The van der Waals surface area contributed by atoms with E-state index in [1.54, 1.807) is 0 Å². The first-order chi connectivity index (χ1) is 9.54. The van der Waals surface area contributed by atoms with Gasteiger partial charge in [-0.2, -0.15) is 0 Å². The Kier molecular flexibility index (Phi) is 3.59. The Labute approximate surface area is 123 Å². The summed E-state index contributed by atoms with van der Waals surface area (Å²) in [6, 6.07) is 3.06. The van der Waals surface area contributed by atoms with Crippen LogP contribution in [0, 0.1) is 17.8 Å². The molecule has 20 heavy (non-hydrogen) atoms. The van der Waals surface area contributed by atoms with E-state index in [1.807, 2.05) is 11.9 Å². The second-order valence-electron chi connectivity index (χ2n) is 6.13. The number of rotatable bonds is 4. The van der Waals surface area contributed by atoms with E-state index >= 15 is 0 Å². The molecule has 108 valence electrons. The minimum absolute atomic E-state index is 0.222. The van der Waals surface area contributed by atoms with Crippen molar-refractivity contribution < 1.29 is 9.90 Å². The SMILES string of the molecule is CN(CC1CC2CCC1C2)c1nc(Cl)ccc1C(=O)O. The first kappa shape index (κ1) is 13.7. The third-order valence-electron chi connectivity index (χ3n) is 4.83. The first-order valence-electron chi connectivity index (χ1n) is 7.15. The van der Waals surface area contributed by atoms with Gasteiger partial charge in [-0.15, -0.1) is 0 Å². The average Bonchev–Trinajstić information content (AvgIpc) is 3.00. The summed E-state index contributed by atoms with van der Waals surface area (Å²) in [5.74, 6) is 1.90. The number of pyridine rings is 1. The molecule has 0 amide bonds. The Bertz CT molecular complexity index is 535. The van der Waals surface area contributed by atoms with E-state index in [4.69, 9.17) is 11.6 Å². The third kappa shape index (κ3) is 2.49. The van der Waals surface area contributed by atoms with E-state index in [-0.39, 0.29) is 5.56 Å². The van der Waals surface area contributed by atoms with Crippen molar-refractivity contribution in [3.05, 3.63) is 22.8 Å². The van der Waals surface area contributed by atoms with Gasteiger partial charge in [0, 0.05) is 13.6 Å². The van der Waals surface area contributed by atoms with Crippen LogP contribution in [-0.2, 0) is 0 Å². The van der Waals surface area contributed by atoms with Gasteiger partial charge in [-0.3, -0.25) is 0 Å². The summed E-state index contributed by atoms with van der Waals surface area (Å²) in [6.07, 6.45) is 5.34. The van der Waals surface area contributed by atoms with Crippen molar-refractivity contribution in [2.24, 2.45) is 17.8 Å². The van der Waals surface area contributed by atoms with Crippen LogP contribution in [0.2, 0.25) is 5.15 Å². The van der Waals surface area contributed by atoms with Gasteiger partial charge in [-0.25, -0.2) is 9.78 Å². The number of aromatic nitrogens is 1. The number of fused-ring (bicyclic) bond motifs is 2. The van der Waals surface area contributed by atoms with Crippen LogP contribution in [-0.4, -0.2) is 29.7 Å². The molecule has 1 heterocycles. The lowest BCUT2D eigenvalue weighted by Gasteiger charge is -2.28. The molecule has 3 unspecified atom stereocenters. The molecule has 1 aromatic heterocycles. The molecule has 1 N–H and O–H groups in total. The lowest BCUT2D eigenvalue weighted by molar-refractivity contribution is 0.0697. The van der Waals surface area contributed by atoms with E-state index in [2.05, 4.69) is 4.98 Å². The highest BCUT2D eigenvalue weighted by atomic mass is 35.5. The predicted molar refractivity (Wildman–Crippen MR) is 78.4 cm³/mol. The van der Waals surface area contributed by atoms with Crippen molar-refractivity contribution in [1.29, 1.82) is 0 Å². The van der Waals surface area contributed by atoms with Gasteiger partial charge in [-0.1, -0.05) is 18.0 Å². The van der Waals surface area contributed by atoms with Crippen LogP contribution in [0.3, 0.4) is 0 Å². The summed E-state index contributed by atoms with van der Waals surface area (Å²) in [5.41, 5.74) is 0.222. The van der Waals surface area contributed by atoms with Gasteiger partial charge in [0.25, 0.3) is 0 Å². The fourth-order valence-electron chi connectivity index (χ4n) is 3.92. The summed E-state index contributed by atoms with van der Waals surface area (Å²) in [5, 5.41) is 9.60. The molecule has 2 aliphatic rings. The van der Waals surface area contributed by atoms with E-state index < -0.39 is 5.97 Å². The number of anilines is 1. The highest BCUT2D eigenvalue weighted by molar-refractivity contribution is 6.29. The third-order valence-corrected chi connectivity index (χ3v) is 5.04. The number of hydrogen-bond acceptors (Lipinski definition) is 3. The molecule has 4 nitrogen and oxygen atoms in total. The zero-order valence-corrected chi connectivity index (χ0v) is 12.3. The average molecular weight is 295 g/mol. The second-order valence-corrected chi connectivity index (χ2v) is 6.51. The van der Waals surface area contributed by atoms with Crippen LogP contribution in [0.25, 0.3) is 0 Å². The van der Waals surface area contributed by atoms with Crippen LogP contribution in [0.15, 0.2) is 12.1 Å². The summed E-state index contributed by atoms with van der Waals surface area (Å²) < 4.78 is 0. The molecular weight excluding hydrogens is 276 g/mol. The fraction of sp³-hybridized carbons (Fsp3) is 0.600. The van der Waals surface area contributed by atoms with Gasteiger partial charge < -0.3 is 10.0 Å². The number of carboxylic acids is 1. The predicted octanol–water partition coefficient (Wildman–Crippen LogP) is 3.31. The van der Waals surface area contributed by atoms with Crippen molar-refractivity contribution in [1.82, 2.24) is 4.98 Å². The van der Waals surface area contributed by atoms with E-state index in [9.17, 15) is 9.90 Å². The Morgan fingerprint density at radius 1 is 1.45 bits per heavy atom. The van der Waals surface area contributed by atoms with Gasteiger partial charge in [0.2, 0.25) is 0 Å². The molecule has 2 fully saturated rings. The van der Waals surface area contributed by atoms with E-state index in [1.165, 1.54) is 37.8 Å². The summed E-state index contributed by atoms with van der Waals surface area (Å²) in [7, 11) is 1.91. The maximum absolute atomic E-state index is 11.3. The normalized spacial score (nSPS) is 27.8. The zero-order chi connectivity index (χ0) is 14.3. The van der Waals surface area contributed by atoms with Gasteiger partial charge in [0.1, 0.15) is 16.5 Å². The molecule has 2 saturated carbocycles. The Morgan fingerprint density at radius 2 is 2.25 bits per heavy atom. The Balaban J connectivity index is 1.78. The number of hydrogen-bond donors (Lipinski definition) is 1. The lowest BCUT2D eigenvalue weighted by Crippen LogP contribution is -2.30. The highest BCUT2D eigenvalue weighted by Gasteiger charge is 2.40. The van der Waals surface area contributed by atoms with Gasteiger partial charge in [-0.05, 0) is 49.1 Å². The van der Waals surface area contributed by atoms with Crippen molar-refractivity contribution in [2.45, 2.75) is 25.7 Å². The van der Waals surface area contributed by atoms with Gasteiger partial charge >= 0.3 is 5.97 Å². The first-order valence-corrected chi connectivity index (χ1v) is 7.53. The minimum Gasteiger partial charge on any atom is -0.478 e. The molecule has 1 aromatic rings. The molecule has 5 heteroatoms. The fourth-order valence-corrected chi connectivity index (χ4v) is 4.06. The van der Waals surface area contributed by atoms with Crippen LogP contribution < -0.4 is 4.90 Å². The van der Waals surface area contributed by atoms with Crippen molar-refractivity contribution in [2.75, 3.05) is 18.5 Å². The maximum Gasteiger partial charge on any atom is 0.339 e. The Hall–Kier alpha value is -1.29. The molecule has 0 aliphatic heterocycles. The molecule has 2 bridgehead atoms. The standard InChI is InChI=1S/C15H19ClN2O2/c1-18(8-11-7-9-2-3-10(11)6-9)14-12(15(19)20)4-5-13(16)17-14/h4-5,9-11H,2-3,6-8H2,1H3,(H,19,20). The quantitative estimate of drug-likeness (QED) is 0.866. The molecule has 3 rings (SSSR count).